The molecule has 0 amide bonds. The molecule has 0 aromatic rings. The van der Waals surface area contributed by atoms with Gasteiger partial charge < -0.3 is 14.2 Å². The molecule has 0 spiro atoms. The van der Waals surface area contributed by atoms with Gasteiger partial charge in [-0.15, -0.1) is 0 Å². The summed E-state index contributed by atoms with van der Waals surface area (Å²) in [5.74, 6) is -0.365. The van der Waals surface area contributed by atoms with E-state index in [1.807, 2.05) is 0 Å². The Kier molecular flexibility index (Phi) is 56.3. The number of hydrogen-bond donors (Lipinski definition) is 0. The van der Waals surface area contributed by atoms with Crippen molar-refractivity contribution in [1.82, 2.24) is 0 Å². The largest absolute Gasteiger partial charge is 0.462 e. The van der Waals surface area contributed by atoms with Crippen LogP contribution in [-0.2, 0) is 23.8 Å². The van der Waals surface area contributed by atoms with Crippen molar-refractivity contribution in [3.8, 4) is 0 Å². The predicted octanol–water partition coefficient (Wildman–Crippen LogP) is 20.4. The van der Waals surface area contributed by atoms with Gasteiger partial charge in [0, 0.05) is 19.4 Å². The Hall–Kier alpha value is -1.10. The van der Waals surface area contributed by atoms with Gasteiger partial charge in [0.2, 0.25) is 0 Å². The first-order valence-corrected chi connectivity index (χ1v) is 30.1. The molecule has 5 heteroatoms. The Bertz CT molecular complexity index is 906. The Morgan fingerprint density at radius 2 is 0.508 bits per heavy atom. The molecule has 0 rings (SSSR count). The normalized spacial score (nSPS) is 12.0. The van der Waals surface area contributed by atoms with Crippen LogP contribution in [0.4, 0.5) is 0 Å². The maximum Gasteiger partial charge on any atom is 0.306 e. The first-order chi connectivity index (χ1) is 32.1. The zero-order chi connectivity index (χ0) is 47.0. The highest BCUT2D eigenvalue weighted by atomic mass is 16.6. The van der Waals surface area contributed by atoms with E-state index in [9.17, 15) is 9.59 Å². The van der Waals surface area contributed by atoms with Gasteiger partial charge in [-0.2, -0.15) is 0 Å². The molecule has 0 aliphatic heterocycles. The van der Waals surface area contributed by atoms with Crippen LogP contribution in [0.5, 0.6) is 0 Å². The lowest BCUT2D eigenvalue weighted by Crippen LogP contribution is -2.30. The number of unbranched alkanes of at least 4 members (excludes halogenated alkanes) is 46. The van der Waals surface area contributed by atoms with Crippen molar-refractivity contribution >= 4 is 11.9 Å². The smallest absolute Gasteiger partial charge is 0.306 e. The summed E-state index contributed by atoms with van der Waals surface area (Å²) in [6, 6.07) is 0. The first kappa shape index (κ1) is 63.9. The lowest BCUT2D eigenvalue weighted by molar-refractivity contribution is -0.163. The molecular formula is C60H118O5. The summed E-state index contributed by atoms with van der Waals surface area (Å²) in [6.07, 6.45) is 65.6. The van der Waals surface area contributed by atoms with Gasteiger partial charge in [-0.25, -0.2) is 0 Å². The fraction of sp³-hybridized carbons (Fsp3) is 0.967. The molecule has 0 fully saturated rings. The quantitative estimate of drug-likeness (QED) is 0.0449. The zero-order valence-corrected chi connectivity index (χ0v) is 44.8. The molecule has 1 atom stereocenters. The van der Waals surface area contributed by atoms with Crippen LogP contribution in [0, 0.1) is 0 Å². The summed E-state index contributed by atoms with van der Waals surface area (Å²) in [4.78, 5) is 25.5. The summed E-state index contributed by atoms with van der Waals surface area (Å²) in [6.45, 7) is 7.93. The van der Waals surface area contributed by atoms with E-state index in [0.29, 0.717) is 26.1 Å². The minimum Gasteiger partial charge on any atom is -0.462 e. The number of rotatable bonds is 57. The molecule has 65 heavy (non-hydrogen) atoms. The van der Waals surface area contributed by atoms with Crippen molar-refractivity contribution in [3.63, 3.8) is 0 Å². The molecule has 0 saturated heterocycles. The van der Waals surface area contributed by atoms with E-state index in [1.54, 1.807) is 0 Å². The number of hydrogen-bond acceptors (Lipinski definition) is 5. The molecule has 5 nitrogen and oxygen atoms in total. The van der Waals surface area contributed by atoms with Gasteiger partial charge in [0.1, 0.15) is 6.61 Å². The Balaban J connectivity index is 4.11. The molecule has 0 saturated carbocycles. The van der Waals surface area contributed by atoms with Gasteiger partial charge in [-0.05, 0) is 19.3 Å². The van der Waals surface area contributed by atoms with E-state index < -0.39 is 6.10 Å². The first-order valence-electron chi connectivity index (χ1n) is 30.1. The highest BCUT2D eigenvalue weighted by Gasteiger charge is 2.18. The van der Waals surface area contributed by atoms with Crippen LogP contribution in [0.2, 0.25) is 0 Å². The van der Waals surface area contributed by atoms with E-state index >= 15 is 0 Å². The minimum absolute atomic E-state index is 0.0984. The molecular weight excluding hydrogens is 801 g/mol. The van der Waals surface area contributed by atoms with Crippen LogP contribution < -0.4 is 0 Å². The number of esters is 2. The molecule has 0 radical (unpaired) electrons. The van der Waals surface area contributed by atoms with Crippen molar-refractivity contribution in [2.24, 2.45) is 0 Å². The molecule has 0 N–H and O–H groups in total. The molecule has 0 aliphatic carbocycles. The van der Waals surface area contributed by atoms with Gasteiger partial charge in [0.15, 0.2) is 6.10 Å². The van der Waals surface area contributed by atoms with Gasteiger partial charge >= 0.3 is 11.9 Å². The maximum absolute atomic E-state index is 12.8. The lowest BCUT2D eigenvalue weighted by atomic mass is 10.0. The van der Waals surface area contributed by atoms with Gasteiger partial charge in [0.05, 0.1) is 6.61 Å². The van der Waals surface area contributed by atoms with Gasteiger partial charge in [-0.3, -0.25) is 9.59 Å². The molecule has 388 valence electrons. The third-order valence-corrected chi connectivity index (χ3v) is 13.9. The highest BCUT2D eigenvalue weighted by molar-refractivity contribution is 5.70. The van der Waals surface area contributed by atoms with Crippen LogP contribution in [0.15, 0.2) is 0 Å². The van der Waals surface area contributed by atoms with E-state index in [-0.39, 0.29) is 18.5 Å². The maximum atomic E-state index is 12.8. The van der Waals surface area contributed by atoms with Crippen LogP contribution in [0.25, 0.3) is 0 Å². The summed E-state index contributed by atoms with van der Waals surface area (Å²) >= 11 is 0. The number of ether oxygens (including phenoxy) is 3. The average Bonchev–Trinajstić information content (AvgIpc) is 3.31. The van der Waals surface area contributed by atoms with Crippen LogP contribution in [-0.4, -0.2) is 37.9 Å². The number of carbonyl (C=O) groups is 2. The summed E-state index contributed by atoms with van der Waals surface area (Å²) in [5, 5.41) is 0. The Labute approximate surface area is 408 Å². The van der Waals surface area contributed by atoms with E-state index in [4.69, 9.17) is 14.2 Å². The molecule has 0 heterocycles. The minimum atomic E-state index is -0.524. The molecule has 0 aromatic heterocycles. The van der Waals surface area contributed by atoms with Crippen LogP contribution >= 0.6 is 0 Å². The Morgan fingerprint density at radius 3 is 0.785 bits per heavy atom. The van der Waals surface area contributed by atoms with Crippen LogP contribution in [0.1, 0.15) is 348 Å². The summed E-state index contributed by atoms with van der Waals surface area (Å²) < 4.78 is 17.5. The third-order valence-electron chi connectivity index (χ3n) is 13.9. The topological polar surface area (TPSA) is 61.8 Å². The standard InChI is InChI=1S/C60H118O5/c1-4-7-10-13-16-19-22-25-27-29-30-31-32-33-34-36-39-41-44-47-50-53-59(61)64-57-58(65-60(62)54-51-48-45-42-38-24-21-18-15-12-9-6-3)56-63-55-52-49-46-43-40-37-35-28-26-23-20-17-14-11-8-5-2/h58H,4-57H2,1-3H3/t58-/m1/s1. The van der Waals surface area contributed by atoms with Crippen molar-refractivity contribution in [2.75, 3.05) is 19.8 Å². The molecule has 0 aliphatic rings. The number of carbonyl (C=O) groups excluding carboxylic acids is 2. The van der Waals surface area contributed by atoms with Crippen molar-refractivity contribution in [2.45, 2.75) is 354 Å². The summed E-state index contributed by atoms with van der Waals surface area (Å²) in [7, 11) is 0. The Morgan fingerprint density at radius 1 is 0.277 bits per heavy atom. The van der Waals surface area contributed by atoms with Crippen molar-refractivity contribution in [1.29, 1.82) is 0 Å². The fourth-order valence-electron chi connectivity index (χ4n) is 9.40. The van der Waals surface area contributed by atoms with Crippen molar-refractivity contribution < 1.29 is 23.8 Å². The lowest BCUT2D eigenvalue weighted by Gasteiger charge is -2.18. The second kappa shape index (κ2) is 57.2. The SMILES string of the molecule is CCCCCCCCCCCCCCCCCCCCCCCC(=O)OC[C@@H](COCCCCCCCCCCCCCCCCCC)OC(=O)CCCCCCCCCCCCCC. The zero-order valence-electron chi connectivity index (χ0n) is 44.8. The average molecular weight is 920 g/mol. The molecule has 0 unspecified atom stereocenters. The summed E-state index contributed by atoms with van der Waals surface area (Å²) in [5.41, 5.74) is 0. The predicted molar refractivity (Wildman–Crippen MR) is 284 cm³/mol. The van der Waals surface area contributed by atoms with Crippen molar-refractivity contribution in [3.05, 3.63) is 0 Å². The third kappa shape index (κ3) is 55.4. The fourth-order valence-corrected chi connectivity index (χ4v) is 9.40. The van der Waals surface area contributed by atoms with E-state index in [0.717, 1.165) is 32.1 Å². The van der Waals surface area contributed by atoms with E-state index in [2.05, 4.69) is 20.8 Å². The van der Waals surface area contributed by atoms with E-state index in [1.165, 1.54) is 283 Å². The highest BCUT2D eigenvalue weighted by Crippen LogP contribution is 2.18. The molecule has 0 aromatic carbocycles. The molecule has 0 bridgehead atoms. The van der Waals surface area contributed by atoms with Gasteiger partial charge in [-0.1, -0.05) is 316 Å². The monoisotopic (exact) mass is 919 g/mol. The second-order valence-corrected chi connectivity index (χ2v) is 20.6. The van der Waals surface area contributed by atoms with Crippen LogP contribution in [0.3, 0.4) is 0 Å². The second-order valence-electron chi connectivity index (χ2n) is 20.6. The van der Waals surface area contributed by atoms with Gasteiger partial charge in [0.25, 0.3) is 0 Å².